The Morgan fingerprint density at radius 1 is 0.906 bits per heavy atom. The molecule has 3 rings (SSSR count). The van der Waals surface area contributed by atoms with Crippen LogP contribution in [0.4, 0.5) is 28.7 Å². The predicted octanol–water partition coefficient (Wildman–Crippen LogP) is 4.05. The zero-order valence-corrected chi connectivity index (χ0v) is 18.9. The number of carbonyl (C=O) groups is 2. The number of methoxy groups -OCH3 is 2. The van der Waals surface area contributed by atoms with Crippen molar-refractivity contribution in [3.05, 3.63) is 73.6 Å². The molecule has 0 saturated carbocycles. The van der Waals surface area contributed by atoms with Gasteiger partial charge in [-0.2, -0.15) is 0 Å². The molecule has 1 aromatic heterocycles. The summed E-state index contributed by atoms with van der Waals surface area (Å²) in [5.41, 5.74) is 0.460. The van der Waals surface area contributed by atoms with Crippen molar-refractivity contribution in [2.24, 2.45) is 0 Å². The third-order valence-electron chi connectivity index (χ3n) is 4.15. The Bertz CT molecular complexity index is 1150. The van der Waals surface area contributed by atoms with Gasteiger partial charge < -0.3 is 20.1 Å². The van der Waals surface area contributed by atoms with E-state index in [1.807, 2.05) is 12.1 Å². The number of nitro groups is 1. The van der Waals surface area contributed by atoms with Gasteiger partial charge in [0.05, 0.1) is 30.3 Å². The first-order chi connectivity index (χ1) is 15.3. The standard InChI is InChI=1S/C20H16IN5O6/c1-31-19(27)11-7-12(20(28)32-2)9-15(8-11)25-18-16(26(29)30)17(22-10-23-18)24-14-5-3-13(21)4-6-14/h3-10H,1-2H3,(H2,22,23,24,25). The Balaban J connectivity index is 2.03. The van der Waals surface area contributed by atoms with Crippen LogP contribution < -0.4 is 10.6 Å². The molecule has 12 heteroatoms. The molecule has 0 amide bonds. The Labute approximate surface area is 195 Å². The van der Waals surface area contributed by atoms with Crippen molar-refractivity contribution >= 4 is 63.2 Å². The van der Waals surface area contributed by atoms with Gasteiger partial charge in [0.25, 0.3) is 0 Å². The van der Waals surface area contributed by atoms with Gasteiger partial charge in [0, 0.05) is 14.9 Å². The number of nitrogens with one attached hydrogen (secondary N) is 2. The topological polar surface area (TPSA) is 146 Å². The highest BCUT2D eigenvalue weighted by molar-refractivity contribution is 14.1. The van der Waals surface area contributed by atoms with Gasteiger partial charge >= 0.3 is 17.6 Å². The summed E-state index contributed by atoms with van der Waals surface area (Å²) in [5, 5.41) is 17.5. The van der Waals surface area contributed by atoms with Crippen molar-refractivity contribution in [2.45, 2.75) is 0 Å². The Kier molecular flexibility index (Phi) is 7.14. The molecule has 0 aliphatic heterocycles. The molecular formula is C20H16IN5O6. The van der Waals surface area contributed by atoms with E-state index in [0.717, 1.165) is 9.90 Å². The number of rotatable bonds is 7. The lowest BCUT2D eigenvalue weighted by molar-refractivity contribution is -0.383. The van der Waals surface area contributed by atoms with Crippen LogP contribution in [0.15, 0.2) is 48.8 Å². The summed E-state index contributed by atoms with van der Waals surface area (Å²) >= 11 is 2.14. The lowest BCUT2D eigenvalue weighted by Crippen LogP contribution is -2.09. The molecular weight excluding hydrogens is 533 g/mol. The minimum absolute atomic E-state index is 0.0361. The molecule has 0 bridgehead atoms. The highest BCUT2D eigenvalue weighted by Gasteiger charge is 2.24. The number of esters is 2. The second-order valence-electron chi connectivity index (χ2n) is 6.22. The van der Waals surface area contributed by atoms with Crippen LogP contribution in [0, 0.1) is 13.7 Å². The molecule has 0 fully saturated rings. The fraction of sp³-hybridized carbons (Fsp3) is 0.100. The second kappa shape index (κ2) is 10.00. The van der Waals surface area contributed by atoms with Crippen molar-refractivity contribution < 1.29 is 24.0 Å². The first kappa shape index (κ1) is 22.9. The van der Waals surface area contributed by atoms with E-state index in [-0.39, 0.29) is 28.5 Å². The van der Waals surface area contributed by atoms with E-state index in [0.29, 0.717) is 5.69 Å². The van der Waals surface area contributed by atoms with Crippen molar-refractivity contribution in [3.63, 3.8) is 0 Å². The van der Waals surface area contributed by atoms with Crippen LogP contribution in [0.3, 0.4) is 0 Å². The summed E-state index contributed by atoms with van der Waals surface area (Å²) in [7, 11) is 2.39. The zero-order chi connectivity index (χ0) is 23.3. The van der Waals surface area contributed by atoms with Gasteiger partial charge in [-0.15, -0.1) is 0 Å². The van der Waals surface area contributed by atoms with Crippen molar-refractivity contribution in [3.8, 4) is 0 Å². The molecule has 32 heavy (non-hydrogen) atoms. The largest absolute Gasteiger partial charge is 0.465 e. The molecule has 164 valence electrons. The van der Waals surface area contributed by atoms with E-state index in [2.05, 4.69) is 43.2 Å². The van der Waals surface area contributed by atoms with Gasteiger partial charge in [0.2, 0.25) is 11.6 Å². The molecule has 1 heterocycles. The summed E-state index contributed by atoms with van der Waals surface area (Å²) in [6.07, 6.45) is 1.15. The molecule has 0 saturated heterocycles. The van der Waals surface area contributed by atoms with E-state index in [4.69, 9.17) is 9.47 Å². The number of hydrogen-bond donors (Lipinski definition) is 2. The fourth-order valence-corrected chi connectivity index (χ4v) is 3.07. The molecule has 0 atom stereocenters. The maximum absolute atomic E-state index is 12.0. The predicted molar refractivity (Wildman–Crippen MR) is 124 cm³/mol. The smallest absolute Gasteiger partial charge is 0.353 e. The monoisotopic (exact) mass is 549 g/mol. The Morgan fingerprint density at radius 3 is 1.88 bits per heavy atom. The first-order valence-electron chi connectivity index (χ1n) is 8.93. The van der Waals surface area contributed by atoms with Crippen LogP contribution in [0.5, 0.6) is 0 Å². The van der Waals surface area contributed by atoms with Crippen LogP contribution in [0.2, 0.25) is 0 Å². The van der Waals surface area contributed by atoms with Crippen LogP contribution >= 0.6 is 22.6 Å². The van der Waals surface area contributed by atoms with Gasteiger partial charge in [0.15, 0.2) is 0 Å². The van der Waals surface area contributed by atoms with Gasteiger partial charge in [0.1, 0.15) is 6.33 Å². The summed E-state index contributed by atoms with van der Waals surface area (Å²) in [4.78, 5) is 43.1. The summed E-state index contributed by atoms with van der Waals surface area (Å²) < 4.78 is 10.4. The maximum atomic E-state index is 12.0. The molecule has 2 N–H and O–H groups in total. The second-order valence-corrected chi connectivity index (χ2v) is 7.46. The third-order valence-corrected chi connectivity index (χ3v) is 4.87. The summed E-state index contributed by atoms with van der Waals surface area (Å²) in [5.74, 6) is -1.57. The molecule has 0 radical (unpaired) electrons. The quantitative estimate of drug-likeness (QED) is 0.192. The van der Waals surface area contributed by atoms with Crippen LogP contribution in [-0.2, 0) is 9.47 Å². The normalized spacial score (nSPS) is 10.2. The Hall–Kier alpha value is -3.81. The van der Waals surface area contributed by atoms with Gasteiger partial charge in [-0.05, 0) is 65.1 Å². The molecule has 2 aromatic carbocycles. The average Bonchev–Trinajstić information content (AvgIpc) is 2.79. The number of benzene rings is 2. The van der Waals surface area contributed by atoms with E-state index in [1.54, 1.807) is 12.1 Å². The minimum atomic E-state index is -0.697. The third kappa shape index (κ3) is 5.26. The fourth-order valence-electron chi connectivity index (χ4n) is 2.71. The van der Waals surface area contributed by atoms with Gasteiger partial charge in [-0.25, -0.2) is 19.6 Å². The van der Waals surface area contributed by atoms with Crippen molar-refractivity contribution in [1.82, 2.24) is 9.97 Å². The summed E-state index contributed by atoms with van der Waals surface area (Å²) in [6.45, 7) is 0. The average molecular weight is 549 g/mol. The SMILES string of the molecule is COC(=O)c1cc(Nc2ncnc(Nc3ccc(I)cc3)c2[N+](=O)[O-])cc(C(=O)OC)c1. The molecule has 0 aliphatic carbocycles. The number of aromatic nitrogens is 2. The number of hydrogen-bond acceptors (Lipinski definition) is 10. The van der Waals surface area contributed by atoms with Crippen LogP contribution in [0.25, 0.3) is 0 Å². The minimum Gasteiger partial charge on any atom is -0.465 e. The first-order valence-corrected chi connectivity index (χ1v) is 10.0. The highest BCUT2D eigenvalue weighted by atomic mass is 127. The van der Waals surface area contributed by atoms with E-state index in [9.17, 15) is 19.7 Å². The number of anilines is 4. The van der Waals surface area contributed by atoms with E-state index in [1.165, 1.54) is 32.4 Å². The van der Waals surface area contributed by atoms with Gasteiger partial charge in [-0.1, -0.05) is 0 Å². The van der Waals surface area contributed by atoms with Crippen molar-refractivity contribution in [2.75, 3.05) is 24.9 Å². The zero-order valence-electron chi connectivity index (χ0n) is 16.8. The van der Waals surface area contributed by atoms with Crippen LogP contribution in [0.1, 0.15) is 20.7 Å². The lowest BCUT2D eigenvalue weighted by Gasteiger charge is -2.12. The molecule has 0 unspecified atom stereocenters. The van der Waals surface area contributed by atoms with Gasteiger partial charge in [-0.3, -0.25) is 10.1 Å². The Morgan fingerprint density at radius 2 is 1.41 bits per heavy atom. The lowest BCUT2D eigenvalue weighted by atomic mass is 10.1. The molecule has 0 aliphatic rings. The number of carbonyl (C=O) groups excluding carboxylic acids is 2. The maximum Gasteiger partial charge on any atom is 0.353 e. The number of halogens is 1. The van der Waals surface area contributed by atoms with E-state index >= 15 is 0 Å². The molecule has 11 nitrogen and oxygen atoms in total. The number of ether oxygens (including phenoxy) is 2. The van der Waals surface area contributed by atoms with E-state index < -0.39 is 22.5 Å². The molecule has 0 spiro atoms. The summed E-state index contributed by atoms with van der Waals surface area (Å²) in [6, 6.07) is 11.2. The molecule has 3 aromatic rings. The highest BCUT2D eigenvalue weighted by Crippen LogP contribution is 2.33. The van der Waals surface area contributed by atoms with Crippen LogP contribution in [-0.4, -0.2) is 41.0 Å². The number of nitrogens with zero attached hydrogens (tertiary/aromatic N) is 3. The van der Waals surface area contributed by atoms with Crippen molar-refractivity contribution in [1.29, 1.82) is 0 Å².